The first-order chi connectivity index (χ1) is 13.5. The zero-order valence-corrected chi connectivity index (χ0v) is 16.7. The van der Waals surface area contributed by atoms with Gasteiger partial charge < -0.3 is 15.0 Å². The summed E-state index contributed by atoms with van der Waals surface area (Å²) in [5.74, 6) is -4.59. The minimum absolute atomic E-state index is 0.0884. The van der Waals surface area contributed by atoms with Crippen molar-refractivity contribution < 1.29 is 26.7 Å². The van der Waals surface area contributed by atoms with Crippen molar-refractivity contribution in [1.29, 1.82) is 0 Å². The lowest BCUT2D eigenvalue weighted by atomic mass is 10.2. The maximum absolute atomic E-state index is 13.7. The molecule has 1 saturated carbocycles. The Morgan fingerprint density at radius 1 is 1.34 bits per heavy atom. The number of H-pyrrole nitrogens is 1. The van der Waals surface area contributed by atoms with Crippen LogP contribution in [0.1, 0.15) is 36.1 Å². The number of benzene rings is 1. The van der Waals surface area contributed by atoms with E-state index >= 15 is 0 Å². The molecule has 0 aliphatic heterocycles. The Labute approximate surface area is 167 Å². The van der Waals surface area contributed by atoms with E-state index in [0.717, 1.165) is 24.5 Å². The molecular weight excluding hydrogens is 404 g/mol. The van der Waals surface area contributed by atoms with Gasteiger partial charge in [0.05, 0.1) is 6.04 Å². The summed E-state index contributed by atoms with van der Waals surface area (Å²) in [6, 6.07) is 7.79. The van der Waals surface area contributed by atoms with Crippen molar-refractivity contribution >= 4 is 15.7 Å². The molecule has 1 fully saturated rings. The highest BCUT2D eigenvalue weighted by molar-refractivity contribution is 7.93. The molecule has 1 heterocycles. The molecule has 0 spiro atoms. The number of aromatic amines is 1. The third-order valence-corrected chi connectivity index (χ3v) is 4.88. The molecule has 1 unspecified atom stereocenters. The number of alkyl halides is 2. The van der Waals surface area contributed by atoms with Gasteiger partial charge in [-0.05, 0) is 30.9 Å². The summed E-state index contributed by atoms with van der Waals surface area (Å²) >= 11 is 0. The SMILES string of the molecule is CC(F)(F)c1nc(Oc2ccccc2)c(C(=O)NC(/C=C/S(C)(=O)=O)C2CC2)[nH]1. The number of para-hydroxylation sites is 1. The van der Waals surface area contributed by atoms with Gasteiger partial charge in [0.1, 0.15) is 5.75 Å². The predicted molar refractivity (Wildman–Crippen MR) is 103 cm³/mol. The summed E-state index contributed by atoms with van der Waals surface area (Å²) in [7, 11) is -3.37. The minimum Gasteiger partial charge on any atom is -0.437 e. The fraction of sp³-hybridized carbons (Fsp3) is 0.368. The van der Waals surface area contributed by atoms with E-state index in [1.165, 1.54) is 6.08 Å². The first-order valence-electron chi connectivity index (χ1n) is 8.93. The fourth-order valence-corrected chi connectivity index (χ4v) is 3.08. The van der Waals surface area contributed by atoms with Crippen molar-refractivity contribution in [2.45, 2.75) is 31.7 Å². The van der Waals surface area contributed by atoms with Gasteiger partial charge in [0.15, 0.2) is 21.4 Å². The number of hydrogen-bond acceptors (Lipinski definition) is 5. The second-order valence-corrected chi connectivity index (χ2v) is 9.00. The quantitative estimate of drug-likeness (QED) is 0.675. The van der Waals surface area contributed by atoms with Gasteiger partial charge in [-0.2, -0.15) is 13.8 Å². The van der Waals surface area contributed by atoms with Crippen LogP contribution < -0.4 is 10.1 Å². The van der Waals surface area contributed by atoms with E-state index in [1.807, 2.05) is 0 Å². The van der Waals surface area contributed by atoms with Gasteiger partial charge >= 0.3 is 5.92 Å². The first kappa shape index (κ1) is 21.0. The zero-order valence-electron chi connectivity index (χ0n) is 15.9. The largest absolute Gasteiger partial charge is 0.437 e. The van der Waals surface area contributed by atoms with Crippen LogP contribution >= 0.6 is 0 Å². The number of ether oxygens (including phenoxy) is 1. The number of nitrogens with one attached hydrogen (secondary N) is 2. The van der Waals surface area contributed by atoms with E-state index in [2.05, 4.69) is 15.3 Å². The molecule has 2 aromatic rings. The Balaban J connectivity index is 1.88. The number of sulfone groups is 1. The molecule has 1 aliphatic carbocycles. The molecule has 0 radical (unpaired) electrons. The molecule has 0 saturated heterocycles. The topological polar surface area (TPSA) is 101 Å². The van der Waals surface area contributed by atoms with Crippen molar-refractivity contribution in [3.63, 3.8) is 0 Å². The molecule has 156 valence electrons. The summed E-state index contributed by atoms with van der Waals surface area (Å²) in [6.45, 7) is 0.654. The third kappa shape index (κ3) is 5.86. The Morgan fingerprint density at radius 3 is 2.55 bits per heavy atom. The van der Waals surface area contributed by atoms with Crippen LogP contribution in [0.25, 0.3) is 0 Å². The number of imidazole rings is 1. The molecule has 10 heteroatoms. The van der Waals surface area contributed by atoms with Crippen LogP contribution in [0.5, 0.6) is 11.6 Å². The van der Waals surface area contributed by atoms with E-state index in [-0.39, 0.29) is 17.5 Å². The Hall–Kier alpha value is -2.75. The number of aromatic nitrogens is 2. The molecule has 1 atom stereocenters. The highest BCUT2D eigenvalue weighted by Crippen LogP contribution is 2.34. The summed E-state index contributed by atoms with van der Waals surface area (Å²) in [4.78, 5) is 18.9. The van der Waals surface area contributed by atoms with Gasteiger partial charge in [-0.15, -0.1) is 0 Å². The minimum atomic E-state index is -3.37. The average molecular weight is 425 g/mol. The van der Waals surface area contributed by atoms with Crippen LogP contribution in [0, 0.1) is 5.92 Å². The Bertz CT molecular complexity index is 1010. The summed E-state index contributed by atoms with van der Waals surface area (Å²) in [5, 5.41) is 3.70. The molecule has 1 aromatic heterocycles. The standard InChI is InChI=1S/C19H21F2N3O4S/c1-19(20,21)18-23-15(17(24-18)28-13-6-4-3-5-7-13)16(25)22-14(12-8-9-12)10-11-29(2,26)27/h3-7,10-12,14H,8-9H2,1-2H3,(H,22,25)(H,23,24)/b11-10+. The van der Waals surface area contributed by atoms with Crippen LogP contribution in [0.15, 0.2) is 41.8 Å². The molecule has 29 heavy (non-hydrogen) atoms. The number of halogens is 2. The van der Waals surface area contributed by atoms with Crippen LogP contribution in [0.4, 0.5) is 8.78 Å². The molecule has 1 aromatic carbocycles. The van der Waals surface area contributed by atoms with Crippen molar-refractivity contribution in [1.82, 2.24) is 15.3 Å². The van der Waals surface area contributed by atoms with E-state index in [4.69, 9.17) is 4.74 Å². The van der Waals surface area contributed by atoms with E-state index in [1.54, 1.807) is 30.3 Å². The number of hydrogen-bond donors (Lipinski definition) is 2. The normalized spacial score (nSPS) is 16.0. The smallest absolute Gasteiger partial charge is 0.302 e. The van der Waals surface area contributed by atoms with Crippen LogP contribution in [0.2, 0.25) is 0 Å². The fourth-order valence-electron chi connectivity index (χ4n) is 2.62. The second kappa shape index (κ2) is 7.94. The van der Waals surface area contributed by atoms with Crippen LogP contribution in [0.3, 0.4) is 0 Å². The Kier molecular flexibility index (Phi) is 5.74. The molecule has 1 amide bonds. The van der Waals surface area contributed by atoms with Gasteiger partial charge in [0, 0.05) is 18.6 Å². The second-order valence-electron chi connectivity index (χ2n) is 7.06. The van der Waals surface area contributed by atoms with Crippen LogP contribution in [-0.2, 0) is 15.8 Å². The number of nitrogens with zero attached hydrogens (tertiary/aromatic N) is 1. The monoisotopic (exact) mass is 425 g/mol. The predicted octanol–water partition coefficient (Wildman–Crippen LogP) is 3.38. The molecular formula is C19H21F2N3O4S. The van der Waals surface area contributed by atoms with Crippen LogP contribution in [-0.4, -0.2) is 36.6 Å². The third-order valence-electron chi connectivity index (χ3n) is 4.23. The van der Waals surface area contributed by atoms with E-state index < -0.39 is 33.5 Å². The highest BCUT2D eigenvalue weighted by Gasteiger charge is 2.35. The van der Waals surface area contributed by atoms with E-state index in [9.17, 15) is 22.0 Å². The van der Waals surface area contributed by atoms with Gasteiger partial charge in [0.2, 0.25) is 0 Å². The Morgan fingerprint density at radius 2 is 2.00 bits per heavy atom. The highest BCUT2D eigenvalue weighted by atomic mass is 32.2. The molecule has 3 rings (SSSR count). The van der Waals surface area contributed by atoms with Gasteiger partial charge in [-0.3, -0.25) is 4.79 Å². The van der Waals surface area contributed by atoms with Crippen molar-refractivity contribution in [2.24, 2.45) is 5.92 Å². The van der Waals surface area contributed by atoms with Gasteiger partial charge in [-0.1, -0.05) is 24.3 Å². The lowest BCUT2D eigenvalue weighted by molar-refractivity contribution is 0.00830. The van der Waals surface area contributed by atoms with Crippen molar-refractivity contribution in [2.75, 3.05) is 6.26 Å². The molecule has 0 bridgehead atoms. The zero-order chi connectivity index (χ0) is 21.2. The lowest BCUT2D eigenvalue weighted by Crippen LogP contribution is -2.35. The van der Waals surface area contributed by atoms with Crippen molar-refractivity contribution in [3.05, 3.63) is 53.3 Å². The molecule has 1 aliphatic rings. The van der Waals surface area contributed by atoms with E-state index in [0.29, 0.717) is 12.7 Å². The number of amides is 1. The summed E-state index contributed by atoms with van der Waals surface area (Å²) < 4.78 is 55.8. The summed E-state index contributed by atoms with van der Waals surface area (Å²) in [6.07, 6.45) is 4.10. The number of carbonyl (C=O) groups excluding carboxylic acids is 1. The maximum atomic E-state index is 13.7. The van der Waals surface area contributed by atoms with Gasteiger partial charge in [-0.25, -0.2) is 8.42 Å². The number of rotatable bonds is 8. The van der Waals surface area contributed by atoms with Gasteiger partial charge in [0.25, 0.3) is 11.8 Å². The molecule has 2 N–H and O–H groups in total. The summed E-state index contributed by atoms with van der Waals surface area (Å²) in [5.41, 5.74) is -0.260. The lowest BCUT2D eigenvalue weighted by Gasteiger charge is -2.14. The average Bonchev–Trinajstić information content (AvgIpc) is 3.37. The maximum Gasteiger partial charge on any atom is 0.302 e. The first-order valence-corrected chi connectivity index (χ1v) is 10.9. The molecule has 7 nitrogen and oxygen atoms in total. The van der Waals surface area contributed by atoms with Crippen molar-refractivity contribution in [3.8, 4) is 11.6 Å². The number of carbonyl (C=O) groups is 1.